The molecule has 0 aliphatic heterocycles. The Hall–Kier alpha value is -1.23. The van der Waals surface area contributed by atoms with Gasteiger partial charge in [0.2, 0.25) is 0 Å². The molecule has 0 saturated carbocycles. The topological polar surface area (TPSA) is 55.5 Å². The van der Waals surface area contributed by atoms with E-state index in [0.29, 0.717) is 11.3 Å². The van der Waals surface area contributed by atoms with Crippen LogP contribution in [0.1, 0.15) is 17.2 Å². The highest BCUT2D eigenvalue weighted by molar-refractivity contribution is 7.08. The normalized spacial score (nSPS) is 11.6. The Kier molecular flexibility index (Phi) is 4.81. The molecule has 0 fully saturated rings. The van der Waals surface area contributed by atoms with E-state index in [-0.39, 0.29) is 24.2 Å². The Balaban J connectivity index is 0.00000144. The van der Waals surface area contributed by atoms with Crippen LogP contribution in [-0.4, -0.2) is 12.2 Å². The van der Waals surface area contributed by atoms with Crippen molar-refractivity contribution in [2.75, 3.05) is 7.11 Å². The molecule has 1 aromatic heterocycles. The van der Waals surface area contributed by atoms with E-state index in [9.17, 15) is 5.11 Å². The van der Waals surface area contributed by atoms with Gasteiger partial charge in [0.1, 0.15) is 11.5 Å². The van der Waals surface area contributed by atoms with Gasteiger partial charge in [0.25, 0.3) is 0 Å². The second-order valence-corrected chi connectivity index (χ2v) is 4.24. The van der Waals surface area contributed by atoms with E-state index >= 15 is 0 Å². The average Bonchev–Trinajstić information content (AvgIpc) is 2.81. The zero-order valence-corrected chi connectivity index (χ0v) is 10.9. The number of halogens is 1. The number of methoxy groups -OCH3 is 1. The maximum Gasteiger partial charge on any atom is 0.124 e. The van der Waals surface area contributed by atoms with Gasteiger partial charge in [0.05, 0.1) is 13.2 Å². The van der Waals surface area contributed by atoms with Gasteiger partial charge in [-0.3, -0.25) is 0 Å². The highest BCUT2D eigenvalue weighted by Gasteiger charge is 2.13. The molecule has 1 aromatic carbocycles. The Labute approximate surface area is 110 Å². The van der Waals surface area contributed by atoms with E-state index in [0.717, 1.165) is 5.56 Å². The summed E-state index contributed by atoms with van der Waals surface area (Å²) >= 11 is 1.59. The van der Waals surface area contributed by atoms with Gasteiger partial charge in [0.15, 0.2) is 0 Å². The predicted molar refractivity (Wildman–Crippen MR) is 72.3 cm³/mol. The molecule has 0 amide bonds. The van der Waals surface area contributed by atoms with Crippen LogP contribution in [0.25, 0.3) is 0 Å². The van der Waals surface area contributed by atoms with Gasteiger partial charge in [-0.15, -0.1) is 12.4 Å². The molecule has 3 nitrogen and oxygen atoms in total. The van der Waals surface area contributed by atoms with Crippen LogP contribution in [0.3, 0.4) is 0 Å². The second-order valence-electron chi connectivity index (χ2n) is 3.46. The number of ether oxygens (including phenoxy) is 1. The predicted octanol–water partition coefficient (Wildman–Crippen LogP) is 2.93. The van der Waals surface area contributed by atoms with Crippen molar-refractivity contribution in [2.24, 2.45) is 5.73 Å². The summed E-state index contributed by atoms with van der Waals surface area (Å²) in [5, 5.41) is 13.8. The van der Waals surface area contributed by atoms with Crippen molar-refractivity contribution in [3.8, 4) is 11.5 Å². The number of phenolic OH excluding ortho intramolecular Hbond substituents is 1. The first-order chi connectivity index (χ1) is 7.72. The van der Waals surface area contributed by atoms with E-state index < -0.39 is 0 Å². The van der Waals surface area contributed by atoms with Crippen molar-refractivity contribution in [2.45, 2.75) is 6.04 Å². The third-order valence-corrected chi connectivity index (χ3v) is 3.18. The lowest BCUT2D eigenvalue weighted by Gasteiger charge is -2.13. The van der Waals surface area contributed by atoms with Crippen LogP contribution in [0.5, 0.6) is 11.5 Å². The van der Waals surface area contributed by atoms with Crippen molar-refractivity contribution < 1.29 is 9.84 Å². The van der Waals surface area contributed by atoms with Crippen molar-refractivity contribution in [3.05, 3.63) is 46.2 Å². The fraction of sp³-hybridized carbons (Fsp3) is 0.167. The number of hydrogen-bond donors (Lipinski definition) is 2. The molecule has 0 spiro atoms. The molecule has 0 aliphatic carbocycles. The highest BCUT2D eigenvalue weighted by Crippen LogP contribution is 2.31. The Morgan fingerprint density at radius 2 is 2.12 bits per heavy atom. The van der Waals surface area contributed by atoms with E-state index in [1.165, 1.54) is 0 Å². The van der Waals surface area contributed by atoms with Crippen molar-refractivity contribution in [1.82, 2.24) is 0 Å². The summed E-state index contributed by atoms with van der Waals surface area (Å²) in [6.45, 7) is 0. The van der Waals surface area contributed by atoms with E-state index in [1.807, 2.05) is 16.8 Å². The molecular formula is C12H14ClNO2S. The molecule has 0 radical (unpaired) electrons. The monoisotopic (exact) mass is 271 g/mol. The Morgan fingerprint density at radius 3 is 2.65 bits per heavy atom. The van der Waals surface area contributed by atoms with Crippen LogP contribution in [0.2, 0.25) is 0 Å². The summed E-state index contributed by atoms with van der Waals surface area (Å²) in [7, 11) is 1.56. The lowest BCUT2D eigenvalue weighted by atomic mass is 10.0. The van der Waals surface area contributed by atoms with E-state index in [1.54, 1.807) is 36.6 Å². The summed E-state index contributed by atoms with van der Waals surface area (Å²) < 4.78 is 5.02. The minimum absolute atomic E-state index is 0. The van der Waals surface area contributed by atoms with Gasteiger partial charge in [-0.2, -0.15) is 11.3 Å². The lowest BCUT2D eigenvalue weighted by Crippen LogP contribution is -2.10. The summed E-state index contributed by atoms with van der Waals surface area (Å²) in [4.78, 5) is 0. The van der Waals surface area contributed by atoms with E-state index in [4.69, 9.17) is 10.5 Å². The zero-order chi connectivity index (χ0) is 11.5. The number of hydrogen-bond acceptors (Lipinski definition) is 4. The quantitative estimate of drug-likeness (QED) is 0.902. The molecule has 2 rings (SSSR count). The second kappa shape index (κ2) is 5.91. The molecule has 92 valence electrons. The molecule has 1 heterocycles. The van der Waals surface area contributed by atoms with Crippen LogP contribution in [-0.2, 0) is 0 Å². The lowest BCUT2D eigenvalue weighted by molar-refractivity contribution is 0.406. The summed E-state index contributed by atoms with van der Waals surface area (Å²) in [5.74, 6) is 0.789. The van der Waals surface area contributed by atoms with Crippen LogP contribution < -0.4 is 10.5 Å². The largest absolute Gasteiger partial charge is 0.507 e. The fourth-order valence-electron chi connectivity index (χ4n) is 1.54. The molecule has 1 atom stereocenters. The molecule has 0 unspecified atom stereocenters. The van der Waals surface area contributed by atoms with Gasteiger partial charge >= 0.3 is 0 Å². The molecule has 0 bridgehead atoms. The third kappa shape index (κ3) is 2.91. The summed E-state index contributed by atoms with van der Waals surface area (Å²) in [6.07, 6.45) is 0. The van der Waals surface area contributed by atoms with Crippen LogP contribution in [0.15, 0.2) is 35.0 Å². The number of phenols is 1. The number of thiophene rings is 1. The number of benzene rings is 1. The zero-order valence-electron chi connectivity index (χ0n) is 9.29. The first kappa shape index (κ1) is 13.8. The standard InChI is InChI=1S/C12H13NO2S.ClH/c1-15-9-2-3-10(11(14)6-9)12(13)8-4-5-16-7-8;/h2-7,12,14H,13H2,1H3;1H/t12-;/m0./s1. The van der Waals surface area contributed by atoms with Crippen molar-refractivity contribution in [1.29, 1.82) is 0 Å². The number of aromatic hydroxyl groups is 1. The molecule has 0 saturated heterocycles. The maximum absolute atomic E-state index is 9.84. The van der Waals surface area contributed by atoms with Crippen LogP contribution >= 0.6 is 23.7 Å². The van der Waals surface area contributed by atoms with Gasteiger partial charge < -0.3 is 15.6 Å². The van der Waals surface area contributed by atoms with Crippen molar-refractivity contribution >= 4 is 23.7 Å². The van der Waals surface area contributed by atoms with Crippen molar-refractivity contribution in [3.63, 3.8) is 0 Å². The van der Waals surface area contributed by atoms with Gasteiger partial charge in [-0.1, -0.05) is 0 Å². The molecule has 3 N–H and O–H groups in total. The summed E-state index contributed by atoms with van der Waals surface area (Å²) in [5.41, 5.74) is 7.77. The minimum Gasteiger partial charge on any atom is -0.507 e. The number of rotatable bonds is 3. The summed E-state index contributed by atoms with van der Waals surface area (Å²) in [6, 6.07) is 6.82. The smallest absolute Gasteiger partial charge is 0.124 e. The Bertz CT molecular complexity index is 473. The SMILES string of the molecule is COc1ccc([C@@H](N)c2ccsc2)c(O)c1.Cl. The molecular weight excluding hydrogens is 258 g/mol. The highest BCUT2D eigenvalue weighted by atomic mass is 35.5. The molecule has 5 heteroatoms. The minimum atomic E-state index is -0.294. The fourth-order valence-corrected chi connectivity index (χ4v) is 2.24. The first-order valence-electron chi connectivity index (χ1n) is 4.87. The molecule has 0 aliphatic rings. The average molecular weight is 272 g/mol. The van der Waals surface area contributed by atoms with E-state index in [2.05, 4.69) is 0 Å². The maximum atomic E-state index is 9.84. The first-order valence-corrected chi connectivity index (χ1v) is 5.81. The third-order valence-electron chi connectivity index (χ3n) is 2.47. The van der Waals surface area contributed by atoms with Crippen LogP contribution in [0.4, 0.5) is 0 Å². The van der Waals surface area contributed by atoms with Crippen LogP contribution in [0, 0.1) is 0 Å². The van der Waals surface area contributed by atoms with Gasteiger partial charge in [0, 0.05) is 11.6 Å². The number of nitrogens with two attached hydrogens (primary N) is 1. The molecule has 2 aromatic rings. The van der Waals surface area contributed by atoms with Gasteiger partial charge in [-0.05, 0) is 34.5 Å². The Morgan fingerprint density at radius 1 is 1.35 bits per heavy atom. The molecule has 17 heavy (non-hydrogen) atoms. The van der Waals surface area contributed by atoms with Gasteiger partial charge in [-0.25, -0.2) is 0 Å².